The van der Waals surface area contributed by atoms with Gasteiger partial charge in [0, 0.05) is 16.1 Å². The minimum atomic E-state index is -1.02. The number of rotatable bonds is 5. The summed E-state index contributed by atoms with van der Waals surface area (Å²) in [4.78, 5) is 22.7. The molecule has 1 rings (SSSR count). The van der Waals surface area contributed by atoms with E-state index in [2.05, 4.69) is 21.2 Å². The van der Waals surface area contributed by atoms with Gasteiger partial charge in [0.15, 0.2) is 0 Å². The van der Waals surface area contributed by atoms with Gasteiger partial charge in [-0.25, -0.2) is 4.79 Å². The van der Waals surface area contributed by atoms with Gasteiger partial charge >= 0.3 is 5.97 Å². The molecular formula is C12H14BrNO3S. The van der Waals surface area contributed by atoms with Gasteiger partial charge in [-0.3, -0.25) is 4.79 Å². The quantitative estimate of drug-likeness (QED) is 0.870. The van der Waals surface area contributed by atoms with E-state index in [-0.39, 0.29) is 17.4 Å². The average molecular weight is 332 g/mol. The molecule has 0 aliphatic heterocycles. The van der Waals surface area contributed by atoms with Crippen molar-refractivity contribution in [3.63, 3.8) is 0 Å². The summed E-state index contributed by atoms with van der Waals surface area (Å²) >= 11 is 4.88. The number of thioether (sulfide) groups is 1. The maximum absolute atomic E-state index is 11.8. The Labute approximate surface area is 118 Å². The summed E-state index contributed by atoms with van der Waals surface area (Å²) in [6.07, 6.45) is 1.94. The first-order valence-electron chi connectivity index (χ1n) is 5.28. The van der Waals surface area contributed by atoms with Crippen molar-refractivity contribution in [1.29, 1.82) is 0 Å². The Hall–Kier alpha value is -1.01. The SMILES string of the molecule is CSCC(C)C(=O)Nc1cc(C(=O)O)ccc1Br. The molecule has 0 bridgehead atoms. The van der Waals surface area contributed by atoms with Crippen molar-refractivity contribution in [2.45, 2.75) is 6.92 Å². The monoisotopic (exact) mass is 331 g/mol. The first kappa shape index (κ1) is 15.0. The van der Waals surface area contributed by atoms with Crippen molar-refractivity contribution in [2.24, 2.45) is 5.92 Å². The fourth-order valence-corrected chi connectivity index (χ4v) is 2.33. The van der Waals surface area contributed by atoms with E-state index in [0.717, 1.165) is 5.75 Å². The Kier molecular flexibility index (Phi) is 5.68. The fourth-order valence-electron chi connectivity index (χ4n) is 1.34. The molecule has 1 atom stereocenters. The molecule has 2 N–H and O–H groups in total. The number of halogens is 1. The zero-order valence-electron chi connectivity index (χ0n) is 10.1. The minimum absolute atomic E-state index is 0.118. The molecule has 0 heterocycles. The van der Waals surface area contributed by atoms with E-state index in [1.165, 1.54) is 12.1 Å². The van der Waals surface area contributed by atoms with E-state index in [0.29, 0.717) is 10.2 Å². The number of benzene rings is 1. The summed E-state index contributed by atoms with van der Waals surface area (Å²) in [5, 5.41) is 11.6. The number of aromatic carboxylic acids is 1. The Morgan fingerprint density at radius 2 is 2.17 bits per heavy atom. The number of carboxylic acids is 1. The second-order valence-corrected chi connectivity index (χ2v) is 5.61. The summed E-state index contributed by atoms with van der Waals surface area (Å²) in [7, 11) is 0. The van der Waals surface area contributed by atoms with Gasteiger partial charge in [0.25, 0.3) is 0 Å². The molecule has 0 aliphatic rings. The smallest absolute Gasteiger partial charge is 0.335 e. The van der Waals surface area contributed by atoms with Crippen LogP contribution in [-0.4, -0.2) is 29.0 Å². The van der Waals surface area contributed by atoms with Crippen molar-refractivity contribution in [1.82, 2.24) is 0 Å². The number of carbonyl (C=O) groups is 2. The standard InChI is InChI=1S/C12H14BrNO3S/c1-7(6-18-2)11(15)14-10-5-8(12(16)17)3-4-9(10)13/h3-5,7H,6H2,1-2H3,(H,14,15)(H,16,17). The predicted molar refractivity (Wildman–Crippen MR) is 77.3 cm³/mol. The van der Waals surface area contributed by atoms with Crippen molar-refractivity contribution in [3.8, 4) is 0 Å². The van der Waals surface area contributed by atoms with Crippen LogP contribution in [0.15, 0.2) is 22.7 Å². The molecule has 1 unspecified atom stereocenters. The van der Waals surface area contributed by atoms with Gasteiger partial charge in [-0.2, -0.15) is 11.8 Å². The number of hydrogen-bond acceptors (Lipinski definition) is 3. The zero-order valence-corrected chi connectivity index (χ0v) is 12.5. The summed E-state index contributed by atoms with van der Waals surface area (Å²) in [5.41, 5.74) is 0.624. The van der Waals surface area contributed by atoms with Crippen LogP contribution in [0.1, 0.15) is 17.3 Å². The third-order valence-electron chi connectivity index (χ3n) is 2.34. The van der Waals surface area contributed by atoms with Crippen LogP contribution >= 0.6 is 27.7 Å². The Morgan fingerprint density at radius 3 is 2.72 bits per heavy atom. The Morgan fingerprint density at radius 1 is 1.50 bits per heavy atom. The molecule has 1 aromatic carbocycles. The normalized spacial score (nSPS) is 11.9. The molecule has 0 spiro atoms. The molecule has 0 aromatic heterocycles. The van der Waals surface area contributed by atoms with E-state index < -0.39 is 5.97 Å². The summed E-state index contributed by atoms with van der Waals surface area (Å²) in [6, 6.07) is 4.53. The third kappa shape index (κ3) is 4.03. The van der Waals surface area contributed by atoms with Gasteiger partial charge in [0.05, 0.1) is 11.3 Å². The number of carbonyl (C=O) groups excluding carboxylic acids is 1. The van der Waals surface area contributed by atoms with E-state index >= 15 is 0 Å². The molecule has 0 saturated heterocycles. The maximum atomic E-state index is 11.8. The first-order chi connectivity index (χ1) is 8.45. The van der Waals surface area contributed by atoms with Crippen molar-refractivity contribution < 1.29 is 14.7 Å². The van der Waals surface area contributed by atoms with Gasteiger partial charge in [-0.05, 0) is 40.4 Å². The summed E-state index contributed by atoms with van der Waals surface area (Å²) in [6.45, 7) is 1.83. The van der Waals surface area contributed by atoms with Crippen molar-refractivity contribution >= 4 is 45.3 Å². The van der Waals surface area contributed by atoms with Gasteiger partial charge < -0.3 is 10.4 Å². The highest BCUT2D eigenvalue weighted by molar-refractivity contribution is 9.10. The number of nitrogens with one attached hydrogen (secondary N) is 1. The lowest BCUT2D eigenvalue weighted by molar-refractivity contribution is -0.118. The first-order valence-corrected chi connectivity index (χ1v) is 7.47. The van der Waals surface area contributed by atoms with Crippen molar-refractivity contribution in [3.05, 3.63) is 28.2 Å². The second-order valence-electron chi connectivity index (χ2n) is 3.85. The molecule has 1 amide bonds. The summed E-state index contributed by atoms with van der Waals surface area (Å²) in [5.74, 6) is -0.537. The van der Waals surface area contributed by atoms with Gasteiger partial charge in [-0.15, -0.1) is 0 Å². The average Bonchev–Trinajstić information content (AvgIpc) is 2.31. The molecule has 0 radical (unpaired) electrons. The fraction of sp³-hybridized carbons (Fsp3) is 0.333. The Bertz CT molecular complexity index is 465. The maximum Gasteiger partial charge on any atom is 0.335 e. The van der Waals surface area contributed by atoms with Crippen LogP contribution in [-0.2, 0) is 4.79 Å². The second kappa shape index (κ2) is 6.80. The highest BCUT2D eigenvalue weighted by Gasteiger charge is 2.14. The topological polar surface area (TPSA) is 66.4 Å². The molecule has 1 aromatic rings. The van der Waals surface area contributed by atoms with Crippen LogP contribution in [0.5, 0.6) is 0 Å². The van der Waals surface area contributed by atoms with E-state index in [9.17, 15) is 9.59 Å². The lowest BCUT2D eigenvalue weighted by Gasteiger charge is -2.12. The molecular weight excluding hydrogens is 318 g/mol. The van der Waals surface area contributed by atoms with Crippen molar-refractivity contribution in [2.75, 3.05) is 17.3 Å². The lowest BCUT2D eigenvalue weighted by Crippen LogP contribution is -2.22. The number of anilines is 1. The van der Waals surface area contributed by atoms with Crippen LogP contribution in [0.4, 0.5) is 5.69 Å². The highest BCUT2D eigenvalue weighted by Crippen LogP contribution is 2.24. The van der Waals surface area contributed by atoms with Crippen LogP contribution in [0.25, 0.3) is 0 Å². The van der Waals surface area contributed by atoms with Gasteiger partial charge in [0.1, 0.15) is 0 Å². The van der Waals surface area contributed by atoms with Crippen LogP contribution in [0.2, 0.25) is 0 Å². The number of hydrogen-bond donors (Lipinski definition) is 2. The largest absolute Gasteiger partial charge is 0.478 e. The van der Waals surface area contributed by atoms with E-state index in [1.54, 1.807) is 17.8 Å². The van der Waals surface area contributed by atoms with Gasteiger partial charge in [-0.1, -0.05) is 6.92 Å². The molecule has 4 nitrogen and oxygen atoms in total. The number of amides is 1. The lowest BCUT2D eigenvalue weighted by atomic mass is 10.1. The van der Waals surface area contributed by atoms with Gasteiger partial charge in [0.2, 0.25) is 5.91 Å². The number of carboxylic acid groups (broad SMARTS) is 1. The molecule has 0 aliphatic carbocycles. The molecule has 18 heavy (non-hydrogen) atoms. The van der Waals surface area contributed by atoms with Crippen LogP contribution in [0.3, 0.4) is 0 Å². The predicted octanol–water partition coefficient (Wildman–Crippen LogP) is 3.08. The highest BCUT2D eigenvalue weighted by atomic mass is 79.9. The van der Waals surface area contributed by atoms with Crippen LogP contribution in [0, 0.1) is 5.92 Å². The Balaban J connectivity index is 2.86. The molecule has 0 fully saturated rings. The minimum Gasteiger partial charge on any atom is -0.478 e. The molecule has 98 valence electrons. The molecule has 6 heteroatoms. The zero-order chi connectivity index (χ0) is 13.7. The van der Waals surface area contributed by atoms with Crippen LogP contribution < -0.4 is 5.32 Å². The van der Waals surface area contributed by atoms with E-state index in [4.69, 9.17) is 5.11 Å². The summed E-state index contributed by atoms with van der Waals surface area (Å²) < 4.78 is 0.664. The third-order valence-corrected chi connectivity index (χ3v) is 3.86. The van der Waals surface area contributed by atoms with E-state index in [1.807, 2.05) is 13.2 Å². The molecule has 0 saturated carbocycles.